The summed E-state index contributed by atoms with van der Waals surface area (Å²) in [5.74, 6) is -0.353. The lowest BCUT2D eigenvalue weighted by Crippen LogP contribution is -2.20. The normalized spacial score (nSPS) is 13.5. The van der Waals surface area contributed by atoms with Crippen molar-refractivity contribution in [3.8, 4) is 0 Å². The van der Waals surface area contributed by atoms with E-state index in [0.29, 0.717) is 22.9 Å². The average molecular weight is 468 g/mol. The summed E-state index contributed by atoms with van der Waals surface area (Å²) >= 11 is 13.1. The Morgan fingerprint density at radius 3 is 2.67 bits per heavy atom. The molecule has 0 saturated heterocycles. The second-order valence-electron chi connectivity index (χ2n) is 6.84. The number of carbonyl (C=O) groups is 1. The van der Waals surface area contributed by atoms with Crippen LogP contribution < -0.4 is 10.6 Å². The Labute approximate surface area is 188 Å². The number of fused-ring (bicyclic) bond motifs is 1. The number of nitrogens with one attached hydrogen (secondary N) is 2. The molecule has 160 valence electrons. The Kier molecular flexibility index (Phi) is 7.63. The van der Waals surface area contributed by atoms with Gasteiger partial charge in [-0.05, 0) is 56.5 Å². The zero-order valence-electron chi connectivity index (χ0n) is 16.5. The third kappa shape index (κ3) is 5.27. The quantitative estimate of drug-likeness (QED) is 0.242. The number of esters is 1. The van der Waals surface area contributed by atoms with E-state index in [9.17, 15) is 14.9 Å². The maximum atomic E-state index is 12.7. The number of hydrogen-bond donors (Lipinski definition) is 2. The van der Waals surface area contributed by atoms with Crippen molar-refractivity contribution in [2.75, 3.05) is 17.2 Å². The fraction of sp³-hybridized carbons (Fsp3) is 0.400. The first-order valence-corrected chi connectivity index (χ1v) is 11.3. The zero-order chi connectivity index (χ0) is 21.7. The van der Waals surface area contributed by atoms with Crippen LogP contribution in [0, 0.1) is 10.1 Å². The third-order valence-corrected chi connectivity index (χ3v) is 6.51. The van der Waals surface area contributed by atoms with Gasteiger partial charge in [0.05, 0.1) is 27.8 Å². The highest BCUT2D eigenvalue weighted by Crippen LogP contribution is 2.38. The van der Waals surface area contributed by atoms with Crippen LogP contribution in [-0.2, 0) is 17.6 Å². The van der Waals surface area contributed by atoms with Crippen molar-refractivity contribution in [2.45, 2.75) is 45.4 Å². The molecule has 0 radical (unpaired) electrons. The van der Waals surface area contributed by atoms with Gasteiger partial charge in [0.15, 0.2) is 5.11 Å². The highest BCUT2D eigenvalue weighted by Gasteiger charge is 2.26. The summed E-state index contributed by atoms with van der Waals surface area (Å²) in [7, 11) is 0. The second kappa shape index (κ2) is 10.2. The maximum Gasteiger partial charge on any atom is 0.341 e. The minimum Gasteiger partial charge on any atom is -0.462 e. The molecule has 0 atom stereocenters. The number of halogens is 1. The first-order chi connectivity index (χ1) is 14.4. The molecule has 10 heteroatoms. The highest BCUT2D eigenvalue weighted by atomic mass is 35.5. The molecular formula is C20H22ClN3O4S2. The number of thiophene rings is 1. The molecule has 1 aromatic carbocycles. The van der Waals surface area contributed by atoms with E-state index in [-0.39, 0.29) is 21.8 Å². The molecule has 1 aromatic heterocycles. The molecule has 1 aliphatic rings. The summed E-state index contributed by atoms with van der Waals surface area (Å²) in [5, 5.41) is 18.0. The van der Waals surface area contributed by atoms with E-state index in [1.165, 1.54) is 40.8 Å². The standard InChI is InChI=1S/C20H22ClN3O4S2/c1-2-28-19(25)17-13-7-5-3-4-6-8-16(13)30-18(17)23-20(29)22-15-10-9-12(24(26)27)11-14(15)21/h9-11H,2-8H2,1H3,(H2,22,23,29). The van der Waals surface area contributed by atoms with E-state index in [2.05, 4.69) is 10.6 Å². The fourth-order valence-corrected chi connectivity index (χ4v) is 5.18. The Hall–Kier alpha value is -2.23. The van der Waals surface area contributed by atoms with Crippen LogP contribution in [-0.4, -0.2) is 22.6 Å². The summed E-state index contributed by atoms with van der Waals surface area (Å²) in [4.78, 5) is 24.2. The Bertz CT molecular complexity index is 977. The smallest absolute Gasteiger partial charge is 0.341 e. The van der Waals surface area contributed by atoms with E-state index in [0.717, 1.165) is 37.7 Å². The van der Waals surface area contributed by atoms with Gasteiger partial charge in [-0.25, -0.2) is 4.79 Å². The number of carbonyl (C=O) groups excluding carboxylic acids is 1. The van der Waals surface area contributed by atoms with Crippen LogP contribution in [0.2, 0.25) is 5.02 Å². The molecule has 0 bridgehead atoms. The van der Waals surface area contributed by atoms with Gasteiger partial charge < -0.3 is 15.4 Å². The van der Waals surface area contributed by atoms with Crippen molar-refractivity contribution in [3.05, 3.63) is 49.3 Å². The average Bonchev–Trinajstić information content (AvgIpc) is 2.99. The minimum absolute atomic E-state index is 0.105. The van der Waals surface area contributed by atoms with Crippen LogP contribution in [0.5, 0.6) is 0 Å². The number of ether oxygens (including phenoxy) is 1. The molecule has 2 aromatic rings. The molecule has 0 fully saturated rings. The number of nitro benzene ring substituents is 1. The van der Waals surface area contributed by atoms with E-state index < -0.39 is 4.92 Å². The van der Waals surface area contributed by atoms with Crippen LogP contribution in [0.4, 0.5) is 16.4 Å². The minimum atomic E-state index is -0.515. The number of aryl methyl sites for hydroxylation is 1. The zero-order valence-corrected chi connectivity index (χ0v) is 18.8. The van der Waals surface area contributed by atoms with Crippen molar-refractivity contribution in [2.24, 2.45) is 0 Å². The summed E-state index contributed by atoms with van der Waals surface area (Å²) in [6.45, 7) is 2.08. The van der Waals surface area contributed by atoms with Crippen LogP contribution in [0.15, 0.2) is 18.2 Å². The molecule has 2 N–H and O–H groups in total. The Morgan fingerprint density at radius 2 is 2.00 bits per heavy atom. The Morgan fingerprint density at radius 1 is 1.27 bits per heavy atom. The number of hydrogen-bond acceptors (Lipinski definition) is 6. The number of thiocarbonyl (C=S) groups is 1. The molecule has 1 heterocycles. The SMILES string of the molecule is CCOC(=O)c1c(NC(=S)Nc2ccc([N+](=O)[O-])cc2Cl)sc2c1CCCCCC2. The lowest BCUT2D eigenvalue weighted by Gasteiger charge is -2.13. The predicted octanol–water partition coefficient (Wildman–Crippen LogP) is 5.95. The fourth-order valence-electron chi connectivity index (χ4n) is 3.40. The molecule has 0 saturated carbocycles. The number of anilines is 2. The van der Waals surface area contributed by atoms with Gasteiger partial charge in [-0.15, -0.1) is 11.3 Å². The van der Waals surface area contributed by atoms with Crippen molar-refractivity contribution in [1.29, 1.82) is 0 Å². The van der Waals surface area contributed by atoms with Gasteiger partial charge in [0.25, 0.3) is 5.69 Å². The van der Waals surface area contributed by atoms with Gasteiger partial charge in [0.2, 0.25) is 0 Å². The van der Waals surface area contributed by atoms with E-state index >= 15 is 0 Å². The third-order valence-electron chi connectivity index (χ3n) is 4.79. The molecular weight excluding hydrogens is 446 g/mol. The second-order valence-corrected chi connectivity index (χ2v) is 8.76. The topological polar surface area (TPSA) is 93.5 Å². The van der Waals surface area contributed by atoms with Crippen molar-refractivity contribution >= 4 is 62.6 Å². The van der Waals surface area contributed by atoms with E-state index in [1.807, 2.05) is 0 Å². The van der Waals surface area contributed by atoms with Gasteiger partial charge in [0, 0.05) is 17.0 Å². The summed E-state index contributed by atoms with van der Waals surface area (Å²) in [5.41, 5.74) is 1.94. The maximum absolute atomic E-state index is 12.7. The predicted molar refractivity (Wildman–Crippen MR) is 124 cm³/mol. The van der Waals surface area contributed by atoms with E-state index in [4.69, 9.17) is 28.6 Å². The van der Waals surface area contributed by atoms with Crippen molar-refractivity contribution < 1.29 is 14.5 Å². The molecule has 0 unspecified atom stereocenters. The monoisotopic (exact) mass is 467 g/mol. The lowest BCUT2D eigenvalue weighted by atomic mass is 9.96. The first kappa shape index (κ1) is 22.5. The molecule has 0 amide bonds. The van der Waals surface area contributed by atoms with Crippen molar-refractivity contribution in [3.63, 3.8) is 0 Å². The molecule has 0 spiro atoms. The Balaban J connectivity index is 1.84. The number of rotatable bonds is 5. The van der Waals surface area contributed by atoms with Crippen molar-refractivity contribution in [1.82, 2.24) is 0 Å². The molecule has 0 aliphatic heterocycles. The van der Waals surface area contributed by atoms with Gasteiger partial charge in [-0.2, -0.15) is 0 Å². The largest absolute Gasteiger partial charge is 0.462 e. The summed E-state index contributed by atoms with van der Waals surface area (Å²) < 4.78 is 5.30. The van der Waals surface area contributed by atoms with Gasteiger partial charge >= 0.3 is 5.97 Å². The van der Waals surface area contributed by atoms with Gasteiger partial charge in [0.1, 0.15) is 5.00 Å². The van der Waals surface area contributed by atoms with Crippen LogP contribution in [0.25, 0.3) is 0 Å². The molecule has 30 heavy (non-hydrogen) atoms. The first-order valence-electron chi connectivity index (χ1n) is 9.74. The summed E-state index contributed by atoms with van der Waals surface area (Å²) in [6.07, 6.45) is 6.25. The van der Waals surface area contributed by atoms with Crippen LogP contribution in [0.1, 0.15) is 53.4 Å². The number of nitro groups is 1. The molecule has 7 nitrogen and oxygen atoms in total. The number of benzene rings is 1. The molecule has 3 rings (SSSR count). The van der Waals surface area contributed by atoms with Crippen LogP contribution in [0.3, 0.4) is 0 Å². The van der Waals surface area contributed by atoms with Gasteiger partial charge in [-0.3, -0.25) is 10.1 Å². The molecule has 1 aliphatic carbocycles. The lowest BCUT2D eigenvalue weighted by molar-refractivity contribution is -0.384. The highest BCUT2D eigenvalue weighted by molar-refractivity contribution is 7.80. The van der Waals surface area contributed by atoms with Gasteiger partial charge in [-0.1, -0.05) is 24.4 Å². The summed E-state index contributed by atoms with van der Waals surface area (Å²) in [6, 6.07) is 4.10. The number of non-ortho nitro benzene ring substituents is 1. The number of nitrogens with zero attached hydrogens (tertiary/aromatic N) is 1. The van der Waals surface area contributed by atoms with E-state index in [1.54, 1.807) is 6.92 Å². The van der Waals surface area contributed by atoms with Crippen LogP contribution >= 0.6 is 35.2 Å².